The van der Waals surface area contributed by atoms with Gasteiger partial charge in [-0.3, -0.25) is 14.9 Å². The third kappa shape index (κ3) is 5.13. The third-order valence-electron chi connectivity index (χ3n) is 4.11. The first-order chi connectivity index (χ1) is 14.0. The Morgan fingerprint density at radius 2 is 2.00 bits per heavy atom. The zero-order valence-corrected chi connectivity index (χ0v) is 17.7. The van der Waals surface area contributed by atoms with Crippen LogP contribution in [-0.4, -0.2) is 29.2 Å². The number of hydrogen-bond acceptors (Lipinski definition) is 7. The van der Waals surface area contributed by atoms with Gasteiger partial charge in [0.1, 0.15) is 0 Å². The number of nitrogens with zero attached hydrogens (tertiary/aromatic N) is 2. The van der Waals surface area contributed by atoms with Gasteiger partial charge in [-0.15, -0.1) is 11.8 Å². The molecule has 1 amide bonds. The van der Waals surface area contributed by atoms with Crippen LogP contribution in [0, 0.1) is 18.3 Å². The predicted molar refractivity (Wildman–Crippen MR) is 116 cm³/mol. The highest BCUT2D eigenvalue weighted by Crippen LogP contribution is 2.33. The van der Waals surface area contributed by atoms with E-state index in [2.05, 4.69) is 10.3 Å². The van der Waals surface area contributed by atoms with Crippen molar-refractivity contribution in [3.8, 4) is 6.07 Å². The Kier molecular flexibility index (Phi) is 6.86. The smallest absolute Gasteiger partial charge is 0.315 e. The van der Waals surface area contributed by atoms with Gasteiger partial charge in [-0.2, -0.15) is 5.26 Å². The lowest BCUT2D eigenvalue weighted by molar-refractivity contribution is -0.139. The fourth-order valence-electron chi connectivity index (χ4n) is 2.66. The summed E-state index contributed by atoms with van der Waals surface area (Å²) in [6.07, 6.45) is 0. The molecule has 8 heteroatoms. The average molecular weight is 426 g/mol. The molecule has 6 nitrogen and oxygen atoms in total. The van der Waals surface area contributed by atoms with Gasteiger partial charge in [-0.1, -0.05) is 23.5 Å². The summed E-state index contributed by atoms with van der Waals surface area (Å²) in [6.45, 7) is 4.15. The Morgan fingerprint density at radius 1 is 1.24 bits per heavy atom. The van der Waals surface area contributed by atoms with Gasteiger partial charge < -0.3 is 4.74 Å². The van der Waals surface area contributed by atoms with E-state index in [1.165, 1.54) is 23.1 Å². The van der Waals surface area contributed by atoms with Crippen LogP contribution in [0.2, 0.25) is 0 Å². The van der Waals surface area contributed by atoms with Crippen molar-refractivity contribution in [3.63, 3.8) is 0 Å². The summed E-state index contributed by atoms with van der Waals surface area (Å²) in [4.78, 5) is 28.6. The molecule has 1 heterocycles. The molecule has 1 aromatic heterocycles. The molecule has 1 N–H and O–H groups in total. The van der Waals surface area contributed by atoms with Crippen molar-refractivity contribution in [2.75, 3.05) is 17.7 Å². The zero-order chi connectivity index (χ0) is 20.8. The molecule has 0 bridgehead atoms. The van der Waals surface area contributed by atoms with E-state index < -0.39 is 0 Å². The maximum absolute atomic E-state index is 12.5. The molecule has 148 valence electrons. The fraction of sp³-hybridized carbons (Fsp3) is 0.238. The molecule has 0 saturated heterocycles. The van der Waals surface area contributed by atoms with E-state index in [-0.39, 0.29) is 11.9 Å². The topological polar surface area (TPSA) is 92.1 Å². The van der Waals surface area contributed by atoms with Crippen LogP contribution in [0.15, 0.2) is 36.4 Å². The van der Waals surface area contributed by atoms with Crippen molar-refractivity contribution in [2.45, 2.75) is 19.6 Å². The van der Waals surface area contributed by atoms with E-state index >= 15 is 0 Å². The largest absolute Gasteiger partial charge is 0.465 e. The molecule has 3 rings (SSSR count). The number of rotatable bonds is 7. The Morgan fingerprint density at radius 3 is 2.69 bits per heavy atom. The molecule has 2 aromatic carbocycles. The van der Waals surface area contributed by atoms with E-state index in [1.54, 1.807) is 31.2 Å². The molecular weight excluding hydrogens is 406 g/mol. The van der Waals surface area contributed by atoms with Crippen molar-refractivity contribution >= 4 is 50.3 Å². The maximum atomic E-state index is 12.5. The van der Waals surface area contributed by atoms with E-state index in [4.69, 9.17) is 10.00 Å². The van der Waals surface area contributed by atoms with Crippen LogP contribution in [0.25, 0.3) is 10.2 Å². The predicted octanol–water partition coefficient (Wildman–Crippen LogP) is 4.53. The van der Waals surface area contributed by atoms with Gasteiger partial charge in [-0.25, -0.2) is 4.98 Å². The Hall–Kier alpha value is -2.89. The van der Waals surface area contributed by atoms with E-state index in [0.717, 1.165) is 21.3 Å². The first kappa shape index (κ1) is 20.8. The van der Waals surface area contributed by atoms with E-state index in [0.29, 0.717) is 34.4 Å². The second-order valence-corrected chi connectivity index (χ2v) is 8.16. The third-order valence-corrected chi connectivity index (χ3v) is 6.11. The number of nitriles is 1. The number of esters is 1. The van der Waals surface area contributed by atoms with Crippen LogP contribution in [0.3, 0.4) is 0 Å². The molecule has 0 saturated carbocycles. The molecule has 0 aliphatic carbocycles. The molecule has 0 unspecified atom stereocenters. The number of nitrogens with one attached hydrogen (secondary N) is 1. The molecule has 0 atom stereocenters. The molecular formula is C21H19N3O3S2. The second-order valence-electron chi connectivity index (χ2n) is 6.18. The van der Waals surface area contributed by atoms with Crippen molar-refractivity contribution in [3.05, 3.63) is 58.7 Å². The van der Waals surface area contributed by atoms with Crippen LogP contribution >= 0.6 is 23.1 Å². The lowest BCUT2D eigenvalue weighted by atomic mass is 10.1. The van der Waals surface area contributed by atoms with Gasteiger partial charge in [0.25, 0.3) is 5.91 Å². The lowest BCUT2D eigenvalue weighted by Gasteiger charge is -2.04. The van der Waals surface area contributed by atoms with Crippen molar-refractivity contribution in [1.82, 2.24) is 4.98 Å². The lowest BCUT2D eigenvalue weighted by Crippen LogP contribution is -2.11. The molecule has 3 aromatic rings. The number of thioether (sulfide) groups is 1. The van der Waals surface area contributed by atoms with Crippen LogP contribution in [0.1, 0.15) is 34.0 Å². The van der Waals surface area contributed by atoms with Gasteiger partial charge in [-0.05, 0) is 49.2 Å². The number of carbonyl (C=O) groups is 2. The summed E-state index contributed by atoms with van der Waals surface area (Å²) in [5.74, 6) is 0.454. The number of thiazole rings is 1. The summed E-state index contributed by atoms with van der Waals surface area (Å²) in [5.41, 5.74) is 3.90. The highest BCUT2D eigenvalue weighted by Gasteiger charge is 2.14. The number of benzene rings is 2. The minimum Gasteiger partial charge on any atom is -0.465 e. The summed E-state index contributed by atoms with van der Waals surface area (Å²) in [5, 5.41) is 12.2. The monoisotopic (exact) mass is 425 g/mol. The first-order valence-electron chi connectivity index (χ1n) is 8.95. The number of aromatic nitrogens is 1. The van der Waals surface area contributed by atoms with Crippen LogP contribution in [0.5, 0.6) is 0 Å². The molecule has 0 aliphatic rings. The number of anilines is 1. The Bertz CT molecular complexity index is 1080. The van der Waals surface area contributed by atoms with Gasteiger partial charge in [0.2, 0.25) is 0 Å². The quantitative estimate of drug-likeness (QED) is 0.559. The minimum absolute atomic E-state index is 0.222. The standard InChI is InChI=1S/C21H19N3O3S2/c1-3-27-17(25)12-28-11-16-7-4-13(2)18-19(16)29-21(23-18)24-20(26)15-8-5-14(10-22)6-9-15/h4-9H,3,11-12H2,1-2H3,(H,23,24,26). The molecule has 29 heavy (non-hydrogen) atoms. The van der Waals surface area contributed by atoms with Gasteiger partial charge in [0, 0.05) is 11.3 Å². The number of ether oxygens (including phenoxy) is 1. The minimum atomic E-state index is -0.274. The SMILES string of the molecule is CCOC(=O)CSCc1ccc(C)c2nc(NC(=O)c3ccc(C#N)cc3)sc12. The fourth-order valence-corrected chi connectivity index (χ4v) is 4.62. The average Bonchev–Trinajstić information content (AvgIpc) is 3.14. The van der Waals surface area contributed by atoms with Gasteiger partial charge in [0.05, 0.1) is 34.2 Å². The number of aryl methyl sites for hydroxylation is 1. The molecule has 0 radical (unpaired) electrons. The number of fused-ring (bicyclic) bond motifs is 1. The highest BCUT2D eigenvalue weighted by atomic mass is 32.2. The summed E-state index contributed by atoms with van der Waals surface area (Å²) in [6, 6.07) is 12.5. The highest BCUT2D eigenvalue weighted by molar-refractivity contribution is 7.99. The number of hydrogen-bond donors (Lipinski definition) is 1. The van der Waals surface area contributed by atoms with Crippen molar-refractivity contribution in [2.24, 2.45) is 0 Å². The molecule has 0 aliphatic heterocycles. The summed E-state index contributed by atoms with van der Waals surface area (Å²) in [7, 11) is 0. The Balaban J connectivity index is 1.76. The van der Waals surface area contributed by atoms with E-state index in [9.17, 15) is 9.59 Å². The first-order valence-corrected chi connectivity index (χ1v) is 10.9. The normalized spacial score (nSPS) is 10.5. The number of carbonyl (C=O) groups excluding carboxylic acids is 2. The maximum Gasteiger partial charge on any atom is 0.315 e. The number of amides is 1. The van der Waals surface area contributed by atoms with Crippen LogP contribution in [0.4, 0.5) is 5.13 Å². The van der Waals surface area contributed by atoms with Gasteiger partial charge in [0.15, 0.2) is 5.13 Å². The van der Waals surface area contributed by atoms with Crippen LogP contribution < -0.4 is 5.32 Å². The van der Waals surface area contributed by atoms with Gasteiger partial charge >= 0.3 is 5.97 Å². The van der Waals surface area contributed by atoms with Crippen molar-refractivity contribution < 1.29 is 14.3 Å². The summed E-state index contributed by atoms with van der Waals surface area (Å²) < 4.78 is 5.95. The zero-order valence-electron chi connectivity index (χ0n) is 16.0. The van der Waals surface area contributed by atoms with E-state index in [1.807, 2.05) is 25.1 Å². The molecule has 0 fully saturated rings. The molecule has 0 spiro atoms. The summed E-state index contributed by atoms with van der Waals surface area (Å²) >= 11 is 2.90. The Labute approximate surface area is 176 Å². The van der Waals surface area contributed by atoms with Crippen molar-refractivity contribution in [1.29, 1.82) is 5.26 Å². The van der Waals surface area contributed by atoms with Crippen LogP contribution in [-0.2, 0) is 15.3 Å². The second kappa shape index (κ2) is 9.54.